The molecule has 1 amide bonds. The zero-order valence-corrected chi connectivity index (χ0v) is 17.6. The third-order valence-corrected chi connectivity index (χ3v) is 5.79. The Bertz CT molecular complexity index is 1010. The maximum absolute atomic E-state index is 11.8. The lowest BCUT2D eigenvalue weighted by molar-refractivity contribution is -0.128. The van der Waals surface area contributed by atoms with Crippen LogP contribution in [0.15, 0.2) is 54.6 Å². The van der Waals surface area contributed by atoms with Crippen LogP contribution < -0.4 is 0 Å². The number of amides is 1. The molecule has 0 unspecified atom stereocenters. The summed E-state index contributed by atoms with van der Waals surface area (Å²) in [6.07, 6.45) is 0.893. The van der Waals surface area contributed by atoms with Crippen LogP contribution in [0.3, 0.4) is 0 Å². The molecule has 6 heteroatoms. The van der Waals surface area contributed by atoms with Gasteiger partial charge in [-0.25, -0.2) is 4.68 Å². The largest absolute Gasteiger partial charge is 0.340 e. The molecule has 0 atom stereocenters. The van der Waals surface area contributed by atoms with Crippen molar-refractivity contribution >= 4 is 17.5 Å². The number of carbonyl (C=O) groups excluding carboxylic acids is 1. The molecule has 4 rings (SSSR count). The second kappa shape index (κ2) is 8.39. The van der Waals surface area contributed by atoms with Gasteiger partial charge in [-0.3, -0.25) is 9.69 Å². The summed E-state index contributed by atoms with van der Waals surface area (Å²) < 4.78 is 1.97. The van der Waals surface area contributed by atoms with E-state index in [1.54, 1.807) is 11.8 Å². The summed E-state index contributed by atoms with van der Waals surface area (Å²) in [5, 5.41) is 5.58. The van der Waals surface area contributed by atoms with Crippen LogP contribution in [0.1, 0.15) is 29.4 Å². The van der Waals surface area contributed by atoms with Crippen LogP contribution in [0.4, 0.5) is 0 Å². The number of halogens is 1. The fourth-order valence-electron chi connectivity index (χ4n) is 3.80. The van der Waals surface area contributed by atoms with E-state index in [4.69, 9.17) is 16.7 Å². The monoisotopic (exact) mass is 408 g/mol. The molecule has 1 aromatic heterocycles. The number of nitrogens with zero attached hydrogens (tertiary/aromatic N) is 4. The molecule has 0 aliphatic carbocycles. The van der Waals surface area contributed by atoms with Crippen LogP contribution in [0.2, 0.25) is 5.02 Å². The van der Waals surface area contributed by atoms with Crippen LogP contribution in [0.5, 0.6) is 0 Å². The van der Waals surface area contributed by atoms with Gasteiger partial charge in [0, 0.05) is 45.6 Å². The Morgan fingerprint density at radius 1 is 1.14 bits per heavy atom. The molecule has 0 radical (unpaired) electrons. The predicted octanol–water partition coefficient (Wildman–Crippen LogP) is 4.06. The summed E-state index contributed by atoms with van der Waals surface area (Å²) in [4.78, 5) is 16.0. The molecule has 0 N–H and O–H groups in total. The van der Waals surface area contributed by atoms with Gasteiger partial charge in [-0.2, -0.15) is 5.10 Å². The van der Waals surface area contributed by atoms with Crippen LogP contribution in [0.25, 0.3) is 5.69 Å². The Hall–Kier alpha value is -2.63. The average molecular weight is 409 g/mol. The Morgan fingerprint density at radius 2 is 1.86 bits per heavy atom. The molecule has 1 aliphatic heterocycles. The zero-order valence-electron chi connectivity index (χ0n) is 16.8. The van der Waals surface area contributed by atoms with Crippen molar-refractivity contribution in [2.24, 2.45) is 0 Å². The number of fused-ring (bicyclic) bond motifs is 1. The molecule has 29 heavy (non-hydrogen) atoms. The molecule has 0 fully saturated rings. The summed E-state index contributed by atoms with van der Waals surface area (Å²) in [5.41, 5.74) is 5.53. The third kappa shape index (κ3) is 4.21. The van der Waals surface area contributed by atoms with Crippen LogP contribution in [-0.4, -0.2) is 39.1 Å². The quantitative estimate of drug-likeness (QED) is 0.639. The van der Waals surface area contributed by atoms with Gasteiger partial charge in [0.2, 0.25) is 5.91 Å². The van der Waals surface area contributed by atoms with Gasteiger partial charge in [0.05, 0.1) is 28.6 Å². The lowest BCUT2D eigenvalue weighted by atomic mass is 10.0. The standard InChI is InChI=1S/C23H25ClN4O/c1-17(29)26(2)16-21-19-15-27(14-18-8-4-3-5-9-18)13-12-22(19)28(25-21)23-11-7-6-10-20(23)24/h3-11H,12-16H2,1-2H3. The van der Waals surface area contributed by atoms with Gasteiger partial charge in [-0.05, 0) is 17.7 Å². The van der Waals surface area contributed by atoms with E-state index in [9.17, 15) is 4.79 Å². The van der Waals surface area contributed by atoms with E-state index in [1.165, 1.54) is 16.8 Å². The Morgan fingerprint density at radius 3 is 2.59 bits per heavy atom. The van der Waals surface area contributed by atoms with Crippen molar-refractivity contribution in [3.63, 3.8) is 0 Å². The minimum absolute atomic E-state index is 0.0306. The first kappa shape index (κ1) is 19.7. The van der Waals surface area contributed by atoms with Crippen molar-refractivity contribution in [3.05, 3.63) is 82.1 Å². The first-order chi connectivity index (χ1) is 14.0. The SMILES string of the molecule is CC(=O)N(C)Cc1nn(-c2ccccc2Cl)c2c1CN(Cc1ccccc1)CC2. The highest BCUT2D eigenvalue weighted by atomic mass is 35.5. The molecule has 150 valence electrons. The highest BCUT2D eigenvalue weighted by Gasteiger charge is 2.27. The molecule has 2 aromatic carbocycles. The Labute approximate surface area is 176 Å². The van der Waals surface area contributed by atoms with Crippen molar-refractivity contribution in [1.29, 1.82) is 0 Å². The number of hydrogen-bond donors (Lipinski definition) is 0. The summed E-state index contributed by atoms with van der Waals surface area (Å²) in [6, 6.07) is 18.3. The maximum Gasteiger partial charge on any atom is 0.219 e. The summed E-state index contributed by atoms with van der Waals surface area (Å²) in [7, 11) is 1.81. The van der Waals surface area contributed by atoms with Gasteiger partial charge in [0.1, 0.15) is 0 Å². The number of para-hydroxylation sites is 1. The normalized spacial score (nSPS) is 13.9. The smallest absolute Gasteiger partial charge is 0.219 e. The summed E-state index contributed by atoms with van der Waals surface area (Å²) in [5.74, 6) is 0.0306. The molecule has 1 aliphatic rings. The molecule has 0 saturated carbocycles. The molecule has 5 nitrogen and oxygen atoms in total. The predicted molar refractivity (Wildman–Crippen MR) is 115 cm³/mol. The Balaban J connectivity index is 1.69. The molecule has 0 spiro atoms. The number of aromatic nitrogens is 2. The van der Waals surface area contributed by atoms with E-state index in [2.05, 4.69) is 29.2 Å². The minimum Gasteiger partial charge on any atom is -0.340 e. The van der Waals surface area contributed by atoms with Crippen molar-refractivity contribution in [1.82, 2.24) is 19.6 Å². The third-order valence-electron chi connectivity index (χ3n) is 5.47. The highest BCUT2D eigenvalue weighted by Crippen LogP contribution is 2.29. The summed E-state index contributed by atoms with van der Waals surface area (Å²) >= 11 is 6.47. The van der Waals surface area contributed by atoms with Crippen LogP contribution >= 0.6 is 11.6 Å². The van der Waals surface area contributed by atoms with Gasteiger partial charge in [0.25, 0.3) is 0 Å². The van der Waals surface area contributed by atoms with E-state index in [1.807, 2.05) is 42.1 Å². The van der Waals surface area contributed by atoms with Gasteiger partial charge < -0.3 is 4.90 Å². The number of carbonyl (C=O) groups is 1. The minimum atomic E-state index is 0.0306. The van der Waals surface area contributed by atoms with E-state index in [0.29, 0.717) is 11.6 Å². The van der Waals surface area contributed by atoms with Gasteiger partial charge in [-0.15, -0.1) is 0 Å². The van der Waals surface area contributed by atoms with Gasteiger partial charge in [-0.1, -0.05) is 54.1 Å². The fourth-order valence-corrected chi connectivity index (χ4v) is 4.02. The van der Waals surface area contributed by atoms with Crippen molar-refractivity contribution < 1.29 is 4.79 Å². The second-order valence-electron chi connectivity index (χ2n) is 7.56. The molecule has 0 bridgehead atoms. The van der Waals surface area contributed by atoms with Crippen molar-refractivity contribution in [2.75, 3.05) is 13.6 Å². The molecule has 3 aromatic rings. The maximum atomic E-state index is 11.8. The average Bonchev–Trinajstić information content (AvgIpc) is 3.06. The first-order valence-corrected chi connectivity index (χ1v) is 10.2. The van der Waals surface area contributed by atoms with E-state index >= 15 is 0 Å². The number of rotatable bonds is 5. The topological polar surface area (TPSA) is 41.4 Å². The van der Waals surface area contributed by atoms with Crippen molar-refractivity contribution in [2.45, 2.75) is 33.0 Å². The van der Waals surface area contributed by atoms with Gasteiger partial charge >= 0.3 is 0 Å². The van der Waals surface area contributed by atoms with E-state index < -0.39 is 0 Å². The van der Waals surface area contributed by atoms with Crippen molar-refractivity contribution in [3.8, 4) is 5.69 Å². The second-order valence-corrected chi connectivity index (χ2v) is 7.96. The first-order valence-electron chi connectivity index (χ1n) is 9.85. The Kier molecular flexibility index (Phi) is 5.69. The van der Waals surface area contributed by atoms with E-state index in [-0.39, 0.29) is 5.91 Å². The number of hydrogen-bond acceptors (Lipinski definition) is 3. The van der Waals surface area contributed by atoms with E-state index in [0.717, 1.165) is 37.4 Å². The van der Waals surface area contributed by atoms with Crippen LogP contribution in [0, 0.1) is 0 Å². The molecular formula is C23H25ClN4O. The molecule has 0 saturated heterocycles. The lowest BCUT2D eigenvalue weighted by Gasteiger charge is -2.28. The summed E-state index contributed by atoms with van der Waals surface area (Å²) in [6.45, 7) is 4.75. The lowest BCUT2D eigenvalue weighted by Crippen LogP contribution is -2.31. The highest BCUT2D eigenvalue weighted by molar-refractivity contribution is 6.32. The zero-order chi connectivity index (χ0) is 20.4. The number of benzene rings is 2. The van der Waals surface area contributed by atoms with Crippen LogP contribution in [-0.2, 0) is 30.8 Å². The fraction of sp³-hybridized carbons (Fsp3) is 0.304. The molecular weight excluding hydrogens is 384 g/mol. The van der Waals surface area contributed by atoms with Gasteiger partial charge in [0.15, 0.2) is 0 Å². The molecule has 2 heterocycles.